The number of hydrogen-bond donors (Lipinski definition) is 9. The number of amides is 1. The minimum atomic E-state index is -1.78. The molecule has 470 valence electrons. The topological polar surface area (TPSA) is 228 Å². The summed E-state index contributed by atoms with van der Waals surface area (Å²) in [6.45, 7) is 2.87. The maximum absolute atomic E-state index is 13.3. The Bertz CT molecular complexity index is 1480. The van der Waals surface area contributed by atoms with Crippen molar-refractivity contribution in [3.63, 3.8) is 0 Å². The Morgan fingerprint density at radius 1 is 0.450 bits per heavy atom. The van der Waals surface area contributed by atoms with E-state index in [0.29, 0.717) is 12.8 Å². The highest BCUT2D eigenvalue weighted by Crippen LogP contribution is 2.30. The fourth-order valence-electron chi connectivity index (χ4n) is 11.0. The van der Waals surface area contributed by atoms with Crippen molar-refractivity contribution in [2.45, 2.75) is 357 Å². The number of hydrogen-bond acceptors (Lipinski definition) is 13. The van der Waals surface area contributed by atoms with Crippen LogP contribution in [0.3, 0.4) is 0 Å². The molecule has 12 atom stereocenters. The number of ether oxygens (including phenoxy) is 4. The average molecular weight is 1140 g/mol. The summed E-state index contributed by atoms with van der Waals surface area (Å²) in [5, 5.41) is 87.4. The molecule has 2 aliphatic heterocycles. The van der Waals surface area contributed by atoms with E-state index in [-0.39, 0.29) is 12.5 Å². The molecule has 0 radical (unpaired) electrons. The molecule has 0 aromatic rings. The molecule has 0 aromatic carbocycles. The van der Waals surface area contributed by atoms with Gasteiger partial charge in [-0.15, -0.1) is 0 Å². The SMILES string of the molecule is CCCCCCC/C=C\C/C=C\C/C=C\CCCCCCCCCCCCCCCCCCC(=O)NC(COC1OC(CO)C(OC2OC(CO)C(O)C(O)C2O)C(O)C1O)C(O)CCCCCCCCCCCCCCCCC. The molecule has 1 amide bonds. The maximum Gasteiger partial charge on any atom is 0.220 e. The Labute approximate surface area is 487 Å². The fourth-order valence-corrected chi connectivity index (χ4v) is 11.0. The number of rotatable bonds is 54. The Balaban J connectivity index is 1.64. The summed E-state index contributed by atoms with van der Waals surface area (Å²) in [6, 6.07) is -0.828. The predicted octanol–water partition coefficient (Wildman–Crippen LogP) is 12.6. The zero-order valence-corrected chi connectivity index (χ0v) is 50.8. The molecule has 0 aliphatic carbocycles. The van der Waals surface area contributed by atoms with Gasteiger partial charge >= 0.3 is 0 Å². The van der Waals surface area contributed by atoms with Crippen molar-refractivity contribution in [3.8, 4) is 0 Å². The Morgan fingerprint density at radius 2 is 0.825 bits per heavy atom. The number of aliphatic hydroxyl groups excluding tert-OH is 8. The summed E-state index contributed by atoms with van der Waals surface area (Å²) >= 11 is 0. The first kappa shape index (κ1) is 74.3. The summed E-state index contributed by atoms with van der Waals surface area (Å²) < 4.78 is 22.9. The van der Waals surface area contributed by atoms with E-state index in [9.17, 15) is 45.6 Å². The van der Waals surface area contributed by atoms with E-state index in [0.717, 1.165) is 64.2 Å². The van der Waals surface area contributed by atoms with Crippen LogP contribution in [0, 0.1) is 0 Å². The number of unbranched alkanes of at least 4 members (excludes halogenated alkanes) is 35. The quantitative estimate of drug-likeness (QED) is 0.0204. The third-order valence-corrected chi connectivity index (χ3v) is 16.4. The highest BCUT2D eigenvalue weighted by Gasteiger charge is 2.51. The minimum Gasteiger partial charge on any atom is -0.394 e. The molecule has 9 N–H and O–H groups in total. The van der Waals surface area contributed by atoms with Gasteiger partial charge in [0.1, 0.15) is 48.8 Å². The standard InChI is InChI=1S/C66H123NO13/c1-3-5-7-9-11-13-15-17-19-20-21-22-23-24-25-26-27-28-29-30-31-32-33-34-36-38-40-42-44-46-48-50-58(71)67-54(55(70)49-47-45-43-41-39-37-35-18-16-14-12-10-8-6-4-2)53-77-65-63(76)61(74)64(57(52-69)79-65)80-66-62(75)60(73)59(72)56(51-68)78-66/h15,17,20-21,23-24,54-57,59-66,68-70,72-76H,3-14,16,18-19,22,25-53H2,1-2H3,(H,67,71)/b17-15-,21-20-,24-23-. The van der Waals surface area contributed by atoms with Gasteiger partial charge in [0.15, 0.2) is 12.6 Å². The van der Waals surface area contributed by atoms with Crippen LogP contribution < -0.4 is 5.32 Å². The molecule has 2 heterocycles. The van der Waals surface area contributed by atoms with Gasteiger partial charge in [0.05, 0.1) is 32.0 Å². The molecule has 2 rings (SSSR count). The Morgan fingerprint density at radius 3 is 1.26 bits per heavy atom. The smallest absolute Gasteiger partial charge is 0.220 e. The lowest BCUT2D eigenvalue weighted by Gasteiger charge is -2.46. The molecule has 2 fully saturated rings. The number of nitrogens with one attached hydrogen (secondary N) is 1. The lowest BCUT2D eigenvalue weighted by atomic mass is 9.97. The maximum atomic E-state index is 13.3. The van der Waals surface area contributed by atoms with E-state index in [1.807, 2.05) is 0 Å². The van der Waals surface area contributed by atoms with Crippen LogP contribution in [0.5, 0.6) is 0 Å². The molecular formula is C66H123NO13. The predicted molar refractivity (Wildman–Crippen MR) is 323 cm³/mol. The van der Waals surface area contributed by atoms with E-state index >= 15 is 0 Å². The lowest BCUT2D eigenvalue weighted by molar-refractivity contribution is -0.359. The second kappa shape index (κ2) is 51.6. The molecule has 14 nitrogen and oxygen atoms in total. The summed E-state index contributed by atoms with van der Waals surface area (Å²) in [7, 11) is 0. The zero-order valence-electron chi connectivity index (χ0n) is 50.8. The Hall–Kier alpha value is -1.79. The number of carbonyl (C=O) groups excluding carboxylic acids is 1. The number of carbonyl (C=O) groups is 1. The molecule has 2 aliphatic rings. The number of allylic oxidation sites excluding steroid dienone is 6. The van der Waals surface area contributed by atoms with E-state index in [2.05, 4.69) is 55.6 Å². The van der Waals surface area contributed by atoms with Crippen LogP contribution in [-0.2, 0) is 23.7 Å². The molecule has 0 bridgehead atoms. The zero-order chi connectivity index (χ0) is 58.1. The Kier molecular flexibility index (Phi) is 47.9. The summed E-state index contributed by atoms with van der Waals surface area (Å²) in [6.07, 6.45) is 47.3. The van der Waals surface area contributed by atoms with Crippen LogP contribution in [0.4, 0.5) is 0 Å². The van der Waals surface area contributed by atoms with Crippen LogP contribution in [0.25, 0.3) is 0 Å². The van der Waals surface area contributed by atoms with Crippen LogP contribution in [0.2, 0.25) is 0 Å². The van der Waals surface area contributed by atoms with Crippen LogP contribution in [0.15, 0.2) is 36.5 Å². The van der Waals surface area contributed by atoms with Gasteiger partial charge in [-0.25, -0.2) is 0 Å². The van der Waals surface area contributed by atoms with Crippen LogP contribution >= 0.6 is 0 Å². The molecule has 0 saturated carbocycles. The number of aliphatic hydroxyl groups is 8. The third-order valence-electron chi connectivity index (χ3n) is 16.4. The van der Waals surface area contributed by atoms with Gasteiger partial charge in [-0.1, -0.05) is 262 Å². The molecule has 0 spiro atoms. The van der Waals surface area contributed by atoms with Gasteiger partial charge in [-0.2, -0.15) is 0 Å². The normalized spacial score (nSPS) is 24.4. The first-order valence-corrected chi connectivity index (χ1v) is 33.2. The van der Waals surface area contributed by atoms with Crippen molar-refractivity contribution in [2.75, 3.05) is 19.8 Å². The summed E-state index contributed by atoms with van der Waals surface area (Å²) in [5.74, 6) is -0.204. The van der Waals surface area contributed by atoms with Crippen molar-refractivity contribution in [3.05, 3.63) is 36.5 Å². The van der Waals surface area contributed by atoms with Crippen LogP contribution in [0.1, 0.15) is 284 Å². The van der Waals surface area contributed by atoms with Gasteiger partial charge in [-0.3, -0.25) is 4.79 Å². The summed E-state index contributed by atoms with van der Waals surface area (Å²) in [5.41, 5.74) is 0. The van der Waals surface area contributed by atoms with Crippen LogP contribution in [-0.4, -0.2) is 140 Å². The van der Waals surface area contributed by atoms with Gasteiger partial charge in [-0.05, 0) is 51.4 Å². The van der Waals surface area contributed by atoms with E-state index in [1.54, 1.807) is 0 Å². The van der Waals surface area contributed by atoms with Crippen molar-refractivity contribution >= 4 is 5.91 Å². The molecular weight excluding hydrogens is 1010 g/mol. The molecule has 80 heavy (non-hydrogen) atoms. The molecule has 0 aromatic heterocycles. The third kappa shape index (κ3) is 36.1. The van der Waals surface area contributed by atoms with Gasteiger partial charge in [0.2, 0.25) is 5.91 Å². The van der Waals surface area contributed by atoms with E-state index < -0.39 is 86.8 Å². The average Bonchev–Trinajstić information content (AvgIpc) is 3.46. The van der Waals surface area contributed by atoms with E-state index in [4.69, 9.17) is 18.9 Å². The van der Waals surface area contributed by atoms with Gasteiger partial charge < -0.3 is 65.1 Å². The second-order valence-corrected chi connectivity index (χ2v) is 23.6. The molecule has 12 unspecified atom stereocenters. The van der Waals surface area contributed by atoms with Crippen molar-refractivity contribution in [2.24, 2.45) is 0 Å². The van der Waals surface area contributed by atoms with Gasteiger partial charge in [0, 0.05) is 6.42 Å². The molecule has 14 heteroatoms. The monoisotopic (exact) mass is 1140 g/mol. The highest BCUT2D eigenvalue weighted by molar-refractivity contribution is 5.76. The van der Waals surface area contributed by atoms with Crippen molar-refractivity contribution in [1.82, 2.24) is 5.32 Å². The summed E-state index contributed by atoms with van der Waals surface area (Å²) in [4.78, 5) is 13.3. The van der Waals surface area contributed by atoms with E-state index in [1.165, 1.54) is 193 Å². The lowest BCUT2D eigenvalue weighted by Crippen LogP contribution is -2.65. The minimum absolute atomic E-state index is 0.204. The first-order chi connectivity index (χ1) is 39.1. The molecule has 2 saturated heterocycles. The largest absolute Gasteiger partial charge is 0.394 e. The first-order valence-electron chi connectivity index (χ1n) is 33.2. The van der Waals surface area contributed by atoms with Crippen molar-refractivity contribution < 1.29 is 64.6 Å². The van der Waals surface area contributed by atoms with Crippen molar-refractivity contribution in [1.29, 1.82) is 0 Å². The highest BCUT2D eigenvalue weighted by atomic mass is 16.7. The second-order valence-electron chi connectivity index (χ2n) is 23.6. The van der Waals surface area contributed by atoms with Gasteiger partial charge in [0.25, 0.3) is 0 Å². The fraction of sp³-hybridized carbons (Fsp3) is 0.894.